The maximum Gasteiger partial charge on any atom is 0.227 e. The molecule has 158 valence electrons. The Morgan fingerprint density at radius 1 is 1.27 bits per heavy atom. The first kappa shape index (κ1) is 20.2. The zero-order valence-corrected chi connectivity index (χ0v) is 17.8. The van der Waals surface area contributed by atoms with Gasteiger partial charge in [-0.2, -0.15) is 5.10 Å². The number of aromatic nitrogens is 3. The van der Waals surface area contributed by atoms with Crippen molar-refractivity contribution in [2.75, 3.05) is 13.2 Å². The third-order valence-electron chi connectivity index (χ3n) is 5.48. The van der Waals surface area contributed by atoms with Crippen molar-refractivity contribution >= 4 is 5.91 Å². The van der Waals surface area contributed by atoms with Crippen LogP contribution in [-0.2, 0) is 18.3 Å². The molecule has 1 atom stereocenters. The fourth-order valence-corrected chi connectivity index (χ4v) is 4.09. The van der Waals surface area contributed by atoms with Crippen LogP contribution < -0.4 is 4.74 Å². The molecule has 3 aromatic rings. The number of likely N-dealkylation sites (tertiary alicyclic amines) is 1. The summed E-state index contributed by atoms with van der Waals surface area (Å²) in [6, 6.07) is 9.62. The van der Waals surface area contributed by atoms with Crippen LogP contribution in [0, 0.1) is 6.92 Å². The number of amides is 1. The van der Waals surface area contributed by atoms with Gasteiger partial charge in [0.2, 0.25) is 5.91 Å². The number of ether oxygens (including phenoxy) is 1. The molecular formula is C23H28N4O3. The molecule has 1 saturated heterocycles. The van der Waals surface area contributed by atoms with Crippen LogP contribution in [0.4, 0.5) is 0 Å². The molecule has 0 unspecified atom stereocenters. The highest BCUT2D eigenvalue weighted by Gasteiger charge is 2.32. The predicted molar refractivity (Wildman–Crippen MR) is 113 cm³/mol. The number of aryl methyl sites for hydroxylation is 2. The van der Waals surface area contributed by atoms with Gasteiger partial charge in [0.15, 0.2) is 5.76 Å². The second kappa shape index (κ2) is 8.73. The Kier molecular flexibility index (Phi) is 5.88. The topological polar surface area (TPSA) is 73.4 Å². The summed E-state index contributed by atoms with van der Waals surface area (Å²) in [6.07, 6.45) is 5.29. The first-order valence-electron chi connectivity index (χ1n) is 10.5. The fraction of sp³-hybridized carbons (Fsp3) is 0.435. The number of piperidine rings is 1. The quantitative estimate of drug-likeness (QED) is 0.614. The van der Waals surface area contributed by atoms with E-state index in [1.807, 2.05) is 62.3 Å². The van der Waals surface area contributed by atoms with Gasteiger partial charge >= 0.3 is 0 Å². The summed E-state index contributed by atoms with van der Waals surface area (Å²) in [5.41, 5.74) is 3.60. The largest absolute Gasteiger partial charge is 0.494 e. The second-order valence-electron chi connectivity index (χ2n) is 7.79. The second-order valence-corrected chi connectivity index (χ2v) is 7.79. The normalized spacial score (nSPS) is 16.6. The summed E-state index contributed by atoms with van der Waals surface area (Å²) in [6.45, 7) is 5.23. The van der Waals surface area contributed by atoms with Gasteiger partial charge < -0.3 is 14.2 Å². The molecule has 2 aromatic heterocycles. The predicted octanol–water partition coefficient (Wildman–Crippen LogP) is 4.08. The van der Waals surface area contributed by atoms with E-state index in [0.29, 0.717) is 18.8 Å². The Morgan fingerprint density at radius 3 is 2.77 bits per heavy atom. The number of benzene rings is 1. The van der Waals surface area contributed by atoms with E-state index in [1.54, 1.807) is 4.68 Å². The zero-order chi connectivity index (χ0) is 21.1. The molecule has 1 aliphatic rings. The smallest absolute Gasteiger partial charge is 0.227 e. The molecule has 30 heavy (non-hydrogen) atoms. The van der Waals surface area contributed by atoms with Gasteiger partial charge in [0.1, 0.15) is 5.75 Å². The van der Waals surface area contributed by atoms with E-state index in [9.17, 15) is 4.79 Å². The Labute approximate surface area is 176 Å². The van der Waals surface area contributed by atoms with Crippen molar-refractivity contribution in [3.8, 4) is 17.1 Å². The Balaban J connectivity index is 1.57. The Bertz CT molecular complexity index is 1010. The molecule has 0 saturated carbocycles. The van der Waals surface area contributed by atoms with E-state index < -0.39 is 0 Å². The van der Waals surface area contributed by atoms with Crippen molar-refractivity contribution < 1.29 is 14.1 Å². The Hall–Kier alpha value is -3.09. The standard InChI is InChI=1S/C23H28N4O3/c1-4-29-18-10-8-17(9-11-18)14-22(28)27-12-6-5-7-20(27)23-19(15-26(3)24-23)21-13-16(2)25-30-21/h8-11,13,15,20H,4-7,12,14H2,1-3H3/t20-/m1/s1. The van der Waals surface area contributed by atoms with Crippen LogP contribution in [0.2, 0.25) is 0 Å². The third kappa shape index (κ3) is 4.25. The highest BCUT2D eigenvalue weighted by atomic mass is 16.5. The highest BCUT2D eigenvalue weighted by molar-refractivity contribution is 5.79. The molecule has 0 spiro atoms. The molecule has 7 nitrogen and oxygen atoms in total. The average molecular weight is 409 g/mol. The summed E-state index contributed by atoms with van der Waals surface area (Å²) >= 11 is 0. The monoisotopic (exact) mass is 408 g/mol. The summed E-state index contributed by atoms with van der Waals surface area (Å²) < 4.78 is 12.8. The number of carbonyl (C=O) groups excluding carboxylic acids is 1. The van der Waals surface area contributed by atoms with Crippen LogP contribution in [0.25, 0.3) is 11.3 Å². The molecule has 1 amide bonds. The maximum atomic E-state index is 13.2. The van der Waals surface area contributed by atoms with E-state index in [1.165, 1.54) is 0 Å². The summed E-state index contributed by atoms with van der Waals surface area (Å²) in [5.74, 6) is 1.64. The molecule has 1 aliphatic heterocycles. The van der Waals surface area contributed by atoms with Crippen molar-refractivity contribution in [1.29, 1.82) is 0 Å². The molecule has 7 heteroatoms. The number of hydrogen-bond donors (Lipinski definition) is 0. The molecule has 1 fully saturated rings. The first-order valence-corrected chi connectivity index (χ1v) is 10.5. The number of nitrogens with zero attached hydrogens (tertiary/aromatic N) is 4. The lowest BCUT2D eigenvalue weighted by Gasteiger charge is -2.35. The van der Waals surface area contributed by atoms with E-state index in [2.05, 4.69) is 5.16 Å². The summed E-state index contributed by atoms with van der Waals surface area (Å²) in [4.78, 5) is 15.2. The molecule has 0 aliphatic carbocycles. The van der Waals surface area contributed by atoms with Crippen molar-refractivity contribution in [2.24, 2.45) is 7.05 Å². The lowest BCUT2D eigenvalue weighted by Crippen LogP contribution is -2.39. The van der Waals surface area contributed by atoms with Crippen molar-refractivity contribution in [3.05, 3.63) is 53.5 Å². The summed E-state index contributed by atoms with van der Waals surface area (Å²) in [7, 11) is 1.89. The van der Waals surface area contributed by atoms with Gasteiger partial charge in [-0.25, -0.2) is 0 Å². The van der Waals surface area contributed by atoms with Crippen LogP contribution in [-0.4, -0.2) is 38.9 Å². The van der Waals surface area contributed by atoms with E-state index in [0.717, 1.165) is 54.1 Å². The van der Waals surface area contributed by atoms with Crippen LogP contribution in [0.3, 0.4) is 0 Å². The van der Waals surface area contributed by atoms with Crippen LogP contribution >= 0.6 is 0 Å². The van der Waals surface area contributed by atoms with Gasteiger partial charge in [0.25, 0.3) is 0 Å². The minimum atomic E-state index is -0.0597. The van der Waals surface area contributed by atoms with Crippen molar-refractivity contribution in [1.82, 2.24) is 19.8 Å². The lowest BCUT2D eigenvalue weighted by molar-refractivity contribution is -0.134. The van der Waals surface area contributed by atoms with Gasteiger partial charge in [-0.15, -0.1) is 0 Å². The van der Waals surface area contributed by atoms with Gasteiger partial charge in [0.05, 0.1) is 36.0 Å². The fourth-order valence-electron chi connectivity index (χ4n) is 4.09. The molecule has 3 heterocycles. The van der Waals surface area contributed by atoms with Crippen molar-refractivity contribution in [3.63, 3.8) is 0 Å². The van der Waals surface area contributed by atoms with Gasteiger partial charge in [0, 0.05) is 25.9 Å². The minimum absolute atomic E-state index is 0.0597. The summed E-state index contributed by atoms with van der Waals surface area (Å²) in [5, 5.41) is 8.73. The van der Waals surface area contributed by atoms with E-state index in [-0.39, 0.29) is 11.9 Å². The number of carbonyl (C=O) groups is 1. The molecule has 0 N–H and O–H groups in total. The SMILES string of the molecule is CCOc1ccc(CC(=O)N2CCCC[C@@H]2c2nn(C)cc2-c2cc(C)no2)cc1. The van der Waals surface area contributed by atoms with Gasteiger partial charge in [-0.1, -0.05) is 17.3 Å². The number of rotatable bonds is 6. The average Bonchev–Trinajstić information content (AvgIpc) is 3.35. The van der Waals surface area contributed by atoms with Crippen molar-refractivity contribution in [2.45, 2.75) is 45.6 Å². The lowest BCUT2D eigenvalue weighted by atomic mass is 9.95. The molecule has 4 rings (SSSR count). The first-order chi connectivity index (χ1) is 14.5. The van der Waals surface area contributed by atoms with Crippen LogP contribution in [0.5, 0.6) is 5.75 Å². The maximum absolute atomic E-state index is 13.2. The van der Waals surface area contributed by atoms with E-state index >= 15 is 0 Å². The minimum Gasteiger partial charge on any atom is -0.494 e. The number of hydrogen-bond acceptors (Lipinski definition) is 5. The zero-order valence-electron chi connectivity index (χ0n) is 17.8. The molecule has 1 aromatic carbocycles. The van der Waals surface area contributed by atoms with E-state index in [4.69, 9.17) is 14.4 Å². The molecular weight excluding hydrogens is 380 g/mol. The third-order valence-corrected chi connectivity index (χ3v) is 5.48. The highest BCUT2D eigenvalue weighted by Crippen LogP contribution is 2.36. The van der Waals surface area contributed by atoms with Gasteiger partial charge in [-0.3, -0.25) is 9.48 Å². The van der Waals surface area contributed by atoms with Crippen LogP contribution in [0.15, 0.2) is 41.1 Å². The van der Waals surface area contributed by atoms with Gasteiger partial charge in [-0.05, 0) is 50.8 Å². The Morgan fingerprint density at radius 2 is 2.07 bits per heavy atom. The van der Waals surface area contributed by atoms with Crippen LogP contribution in [0.1, 0.15) is 49.2 Å². The molecule has 0 radical (unpaired) electrons. The molecule has 0 bridgehead atoms.